The molecular weight excluding hydrogens is 350 g/mol. The van der Waals surface area contributed by atoms with Crippen LogP contribution in [0.15, 0.2) is 48.5 Å². The van der Waals surface area contributed by atoms with Crippen LogP contribution in [-0.4, -0.2) is 28.9 Å². The summed E-state index contributed by atoms with van der Waals surface area (Å²) in [4.78, 5) is 27.4. The van der Waals surface area contributed by atoms with Crippen molar-refractivity contribution in [2.24, 2.45) is 0 Å². The van der Waals surface area contributed by atoms with Crippen molar-refractivity contribution >= 4 is 23.5 Å². The minimum Gasteiger partial charge on any atom is -0.448 e. The molecule has 1 aliphatic carbocycles. The average Bonchev–Trinajstić information content (AvgIpc) is 3.47. The van der Waals surface area contributed by atoms with E-state index >= 15 is 0 Å². The minimum atomic E-state index is -0.757. The summed E-state index contributed by atoms with van der Waals surface area (Å²) in [5.74, 6) is -0.530. The van der Waals surface area contributed by atoms with Crippen LogP contribution in [0, 0.1) is 0 Å². The van der Waals surface area contributed by atoms with Gasteiger partial charge in [-0.2, -0.15) is 0 Å². The van der Waals surface area contributed by atoms with Gasteiger partial charge in [-0.3, -0.25) is 4.79 Å². The van der Waals surface area contributed by atoms with E-state index in [1.54, 1.807) is 12.1 Å². The Balaban J connectivity index is 1.59. The number of halogens is 1. The normalized spacial score (nSPS) is 20.1. The largest absolute Gasteiger partial charge is 0.448 e. The van der Waals surface area contributed by atoms with Crippen LogP contribution >= 0.6 is 11.6 Å². The van der Waals surface area contributed by atoms with Crippen LogP contribution in [0.5, 0.6) is 0 Å². The molecule has 0 N–H and O–H groups in total. The molecule has 2 aromatic carbocycles. The van der Waals surface area contributed by atoms with Crippen LogP contribution in [0.2, 0.25) is 5.02 Å². The van der Waals surface area contributed by atoms with E-state index in [9.17, 15) is 9.59 Å². The Morgan fingerprint density at radius 1 is 1.15 bits per heavy atom. The maximum absolute atomic E-state index is 13.2. The molecule has 0 spiro atoms. The number of fused-ring (bicyclic) bond motifs is 1. The van der Waals surface area contributed by atoms with Gasteiger partial charge in [0, 0.05) is 17.5 Å². The molecule has 0 radical (unpaired) electrons. The van der Waals surface area contributed by atoms with Crippen molar-refractivity contribution in [3.8, 4) is 0 Å². The van der Waals surface area contributed by atoms with E-state index in [1.807, 2.05) is 48.2 Å². The molecule has 5 heteroatoms. The quantitative estimate of drug-likeness (QED) is 0.760. The first-order chi connectivity index (χ1) is 12.5. The van der Waals surface area contributed by atoms with Gasteiger partial charge in [0.05, 0.1) is 11.6 Å². The molecule has 2 unspecified atom stereocenters. The van der Waals surface area contributed by atoms with E-state index in [0.717, 1.165) is 24.0 Å². The standard InChI is InChI=1S/C21H20ClNO3/c1-13(14-6-8-16(22)9-7-14)23(17-10-11-17)20(24)19-12-15-4-2-3-5-18(15)21(25)26-19/h2-9,13,17,19H,10-12H2,1H3. The van der Waals surface area contributed by atoms with Crippen molar-refractivity contribution in [2.75, 3.05) is 0 Å². The molecule has 0 saturated heterocycles. The second-order valence-corrected chi connectivity index (χ2v) is 7.40. The summed E-state index contributed by atoms with van der Waals surface area (Å²) in [5, 5.41) is 0.670. The van der Waals surface area contributed by atoms with E-state index in [4.69, 9.17) is 16.3 Å². The lowest BCUT2D eigenvalue weighted by molar-refractivity contribution is -0.144. The van der Waals surface area contributed by atoms with E-state index in [0.29, 0.717) is 17.0 Å². The number of benzene rings is 2. The van der Waals surface area contributed by atoms with Crippen LogP contribution < -0.4 is 0 Å². The van der Waals surface area contributed by atoms with Crippen molar-refractivity contribution in [2.45, 2.75) is 44.4 Å². The lowest BCUT2D eigenvalue weighted by Gasteiger charge is -2.34. The van der Waals surface area contributed by atoms with Gasteiger partial charge in [0.1, 0.15) is 0 Å². The summed E-state index contributed by atoms with van der Waals surface area (Å²) in [6.07, 6.45) is 1.65. The number of carbonyl (C=O) groups is 2. The fourth-order valence-electron chi connectivity index (χ4n) is 3.58. The number of carbonyl (C=O) groups excluding carboxylic acids is 2. The highest BCUT2D eigenvalue weighted by atomic mass is 35.5. The molecule has 1 heterocycles. The Morgan fingerprint density at radius 2 is 1.85 bits per heavy atom. The van der Waals surface area contributed by atoms with Crippen molar-refractivity contribution in [3.05, 3.63) is 70.2 Å². The maximum Gasteiger partial charge on any atom is 0.339 e. The zero-order valence-electron chi connectivity index (χ0n) is 14.5. The summed E-state index contributed by atoms with van der Waals surface area (Å²) in [6, 6.07) is 15.0. The topological polar surface area (TPSA) is 46.6 Å². The molecule has 26 heavy (non-hydrogen) atoms. The number of nitrogens with zero attached hydrogens (tertiary/aromatic N) is 1. The summed E-state index contributed by atoms with van der Waals surface area (Å²) < 4.78 is 5.49. The molecule has 1 saturated carbocycles. The van der Waals surface area contributed by atoms with E-state index in [-0.39, 0.29) is 18.0 Å². The van der Waals surface area contributed by atoms with Gasteiger partial charge in [-0.05, 0) is 49.1 Å². The fraction of sp³-hybridized carbons (Fsp3) is 0.333. The predicted molar refractivity (Wildman–Crippen MR) is 99.1 cm³/mol. The van der Waals surface area contributed by atoms with Gasteiger partial charge in [-0.1, -0.05) is 41.9 Å². The third-order valence-corrected chi connectivity index (χ3v) is 5.38. The molecule has 134 valence electrons. The molecule has 4 nitrogen and oxygen atoms in total. The van der Waals surface area contributed by atoms with Gasteiger partial charge in [0.25, 0.3) is 5.91 Å². The molecular formula is C21H20ClNO3. The van der Waals surface area contributed by atoms with Gasteiger partial charge in [-0.25, -0.2) is 4.79 Å². The lowest BCUT2D eigenvalue weighted by Crippen LogP contribution is -2.46. The second kappa shape index (κ2) is 6.76. The van der Waals surface area contributed by atoms with Gasteiger partial charge in [0.15, 0.2) is 6.10 Å². The summed E-state index contributed by atoms with van der Waals surface area (Å²) in [7, 11) is 0. The maximum atomic E-state index is 13.2. The Hall–Kier alpha value is -2.33. The number of rotatable bonds is 4. The number of hydrogen-bond donors (Lipinski definition) is 0. The van der Waals surface area contributed by atoms with Gasteiger partial charge < -0.3 is 9.64 Å². The number of hydrogen-bond acceptors (Lipinski definition) is 3. The summed E-state index contributed by atoms with van der Waals surface area (Å²) >= 11 is 5.98. The molecule has 2 aromatic rings. The van der Waals surface area contributed by atoms with Crippen molar-refractivity contribution in [3.63, 3.8) is 0 Å². The van der Waals surface area contributed by atoms with E-state index in [2.05, 4.69) is 0 Å². The van der Waals surface area contributed by atoms with Crippen molar-refractivity contribution in [1.82, 2.24) is 4.90 Å². The third kappa shape index (κ3) is 3.21. The molecule has 2 atom stereocenters. The number of esters is 1. The highest BCUT2D eigenvalue weighted by Crippen LogP contribution is 2.36. The molecule has 1 aliphatic heterocycles. The first-order valence-electron chi connectivity index (χ1n) is 8.91. The zero-order chi connectivity index (χ0) is 18.3. The van der Waals surface area contributed by atoms with Crippen LogP contribution in [0.3, 0.4) is 0 Å². The Morgan fingerprint density at radius 3 is 2.54 bits per heavy atom. The lowest BCUT2D eigenvalue weighted by atomic mass is 9.97. The first-order valence-corrected chi connectivity index (χ1v) is 9.29. The molecule has 2 aliphatic rings. The Labute approximate surface area is 157 Å². The second-order valence-electron chi connectivity index (χ2n) is 6.96. The van der Waals surface area contributed by atoms with E-state index < -0.39 is 12.1 Å². The van der Waals surface area contributed by atoms with Crippen LogP contribution in [0.1, 0.15) is 47.3 Å². The molecule has 1 fully saturated rings. The fourth-order valence-corrected chi connectivity index (χ4v) is 3.70. The van der Waals surface area contributed by atoms with Crippen molar-refractivity contribution in [1.29, 1.82) is 0 Å². The average molecular weight is 370 g/mol. The zero-order valence-corrected chi connectivity index (χ0v) is 15.3. The van der Waals surface area contributed by atoms with Crippen LogP contribution in [-0.2, 0) is 16.0 Å². The Bertz CT molecular complexity index is 845. The van der Waals surface area contributed by atoms with Gasteiger partial charge >= 0.3 is 5.97 Å². The van der Waals surface area contributed by atoms with E-state index in [1.165, 1.54) is 0 Å². The van der Waals surface area contributed by atoms with Gasteiger partial charge in [-0.15, -0.1) is 0 Å². The SMILES string of the molecule is CC(c1ccc(Cl)cc1)N(C(=O)C1Cc2ccccc2C(=O)O1)C1CC1. The third-order valence-electron chi connectivity index (χ3n) is 5.13. The van der Waals surface area contributed by atoms with Gasteiger partial charge in [0.2, 0.25) is 0 Å². The monoisotopic (exact) mass is 369 g/mol. The number of cyclic esters (lactones) is 1. The Kier molecular flexibility index (Phi) is 4.45. The molecule has 0 aromatic heterocycles. The smallest absolute Gasteiger partial charge is 0.339 e. The highest BCUT2D eigenvalue weighted by Gasteiger charge is 2.42. The first kappa shape index (κ1) is 17.1. The number of amides is 1. The molecule has 0 bridgehead atoms. The van der Waals surface area contributed by atoms with Crippen LogP contribution in [0.25, 0.3) is 0 Å². The highest BCUT2D eigenvalue weighted by molar-refractivity contribution is 6.30. The van der Waals surface area contributed by atoms with Crippen molar-refractivity contribution < 1.29 is 14.3 Å². The minimum absolute atomic E-state index is 0.0943. The predicted octanol–water partition coefficient (Wildman–Crippen LogP) is 4.17. The molecule has 1 amide bonds. The summed E-state index contributed by atoms with van der Waals surface area (Å²) in [5.41, 5.74) is 2.45. The van der Waals surface area contributed by atoms with Crippen LogP contribution in [0.4, 0.5) is 0 Å². The molecule has 4 rings (SSSR count). The number of ether oxygens (including phenoxy) is 1. The summed E-state index contributed by atoms with van der Waals surface area (Å²) in [6.45, 7) is 2.01.